The lowest BCUT2D eigenvalue weighted by Crippen LogP contribution is -2.49. The number of nitrogens with zero attached hydrogens (tertiary/aromatic N) is 3. The first-order valence-electron chi connectivity index (χ1n) is 16.9. The number of hydrogen-bond donors (Lipinski definition) is 0. The Balaban J connectivity index is 1.11. The van der Waals surface area contributed by atoms with Crippen molar-refractivity contribution < 1.29 is 0 Å². The summed E-state index contributed by atoms with van der Waals surface area (Å²) < 4.78 is 0. The van der Waals surface area contributed by atoms with Crippen molar-refractivity contribution in [3.63, 3.8) is 0 Å². The molecule has 0 aliphatic carbocycles. The van der Waals surface area contributed by atoms with Gasteiger partial charge in [-0.3, -0.25) is 0 Å². The predicted octanol–water partition coefficient (Wildman–Crippen LogP) is 10.3. The molecule has 230 valence electrons. The third-order valence-corrected chi connectivity index (χ3v) is 14.0. The summed E-state index contributed by atoms with van der Waals surface area (Å²) in [5, 5.41) is 8.80. The number of aromatic nitrogens is 3. The molecular formula is C45H31N3Si. The number of hydrogen-bond acceptors (Lipinski definition) is 3. The molecule has 3 aromatic heterocycles. The maximum absolute atomic E-state index is 5.31. The highest BCUT2D eigenvalue weighted by Crippen LogP contribution is 2.38. The summed E-state index contributed by atoms with van der Waals surface area (Å²) >= 11 is 0. The van der Waals surface area contributed by atoms with Crippen LogP contribution in [0.4, 0.5) is 0 Å². The average molecular weight is 642 g/mol. The van der Waals surface area contributed by atoms with E-state index in [4.69, 9.17) is 15.0 Å². The maximum atomic E-state index is 5.31. The van der Waals surface area contributed by atoms with Gasteiger partial charge >= 0.3 is 0 Å². The summed E-state index contributed by atoms with van der Waals surface area (Å²) in [4.78, 5) is 15.7. The molecule has 0 saturated heterocycles. The van der Waals surface area contributed by atoms with Crippen LogP contribution in [0.5, 0.6) is 0 Å². The molecule has 6 aromatic carbocycles. The highest BCUT2D eigenvalue weighted by atomic mass is 28.3. The standard InChI is InChI=1S/C45H31N3Si/c1-49(2)42-15-9-8-14-35(42)36-22-26-41-37(45(36)49)23-27-39(46-41)33-20-21-34(32-13-7-6-12-31(32)33)40-25-19-30-17-16-29-18-24-38(28-10-4-3-5-11-28)47-43(29)44(30)48-40/h3-27H,1-2H3. The van der Waals surface area contributed by atoms with Crippen LogP contribution in [0.2, 0.25) is 13.1 Å². The lowest BCUT2D eigenvalue weighted by molar-refractivity contribution is 1.37. The lowest BCUT2D eigenvalue weighted by Gasteiger charge is -2.20. The topological polar surface area (TPSA) is 38.7 Å². The van der Waals surface area contributed by atoms with Gasteiger partial charge in [-0.15, -0.1) is 0 Å². The predicted molar refractivity (Wildman–Crippen MR) is 208 cm³/mol. The molecule has 3 nitrogen and oxygen atoms in total. The molecule has 9 aromatic rings. The van der Waals surface area contributed by atoms with Crippen molar-refractivity contribution in [2.24, 2.45) is 0 Å². The quantitative estimate of drug-likeness (QED) is 0.142. The molecule has 1 aliphatic heterocycles. The summed E-state index contributed by atoms with van der Waals surface area (Å²) in [7, 11) is -1.84. The number of rotatable bonds is 3. The van der Waals surface area contributed by atoms with E-state index in [1.54, 1.807) is 0 Å². The zero-order chi connectivity index (χ0) is 32.7. The Morgan fingerprint density at radius 3 is 1.67 bits per heavy atom. The van der Waals surface area contributed by atoms with E-state index >= 15 is 0 Å². The van der Waals surface area contributed by atoms with Crippen LogP contribution in [0.1, 0.15) is 0 Å². The van der Waals surface area contributed by atoms with Crippen molar-refractivity contribution in [3.05, 3.63) is 152 Å². The van der Waals surface area contributed by atoms with Crippen LogP contribution in [-0.4, -0.2) is 23.0 Å². The normalized spacial score (nSPS) is 13.3. The molecule has 0 atom stereocenters. The van der Waals surface area contributed by atoms with E-state index in [2.05, 4.69) is 159 Å². The van der Waals surface area contributed by atoms with Crippen molar-refractivity contribution in [2.75, 3.05) is 0 Å². The first kappa shape index (κ1) is 28.1. The Hall–Kier alpha value is -5.97. The SMILES string of the molecule is C[Si]1(C)c2ccccc2-c2ccc3nc(-c4ccc(-c5ccc6ccc7ccc(-c8ccccc8)nc7c6n5)c5ccccc45)ccc3c21. The Labute approximate surface area is 285 Å². The second kappa shape index (κ2) is 10.5. The van der Waals surface area contributed by atoms with E-state index in [0.29, 0.717) is 0 Å². The van der Waals surface area contributed by atoms with E-state index in [1.807, 2.05) is 6.07 Å². The van der Waals surface area contributed by atoms with Crippen molar-refractivity contribution in [2.45, 2.75) is 13.1 Å². The van der Waals surface area contributed by atoms with Crippen LogP contribution in [0.3, 0.4) is 0 Å². The van der Waals surface area contributed by atoms with E-state index in [9.17, 15) is 0 Å². The van der Waals surface area contributed by atoms with Crippen LogP contribution in [-0.2, 0) is 0 Å². The van der Waals surface area contributed by atoms with E-state index in [0.717, 1.165) is 66.5 Å². The van der Waals surface area contributed by atoms with Gasteiger partial charge in [-0.25, -0.2) is 15.0 Å². The van der Waals surface area contributed by atoms with Crippen molar-refractivity contribution in [1.29, 1.82) is 0 Å². The molecule has 4 heterocycles. The van der Waals surface area contributed by atoms with Crippen molar-refractivity contribution in [1.82, 2.24) is 15.0 Å². The van der Waals surface area contributed by atoms with Crippen molar-refractivity contribution >= 4 is 61.9 Å². The lowest BCUT2D eigenvalue weighted by atomic mass is 9.95. The molecule has 49 heavy (non-hydrogen) atoms. The van der Waals surface area contributed by atoms with Gasteiger partial charge in [0.1, 0.15) is 8.07 Å². The summed E-state index contributed by atoms with van der Waals surface area (Å²) in [5.74, 6) is 0. The Bertz CT molecular complexity index is 2800. The van der Waals surface area contributed by atoms with Crippen LogP contribution < -0.4 is 10.4 Å². The minimum absolute atomic E-state index is 0.915. The smallest absolute Gasteiger partial charge is 0.114 e. The van der Waals surface area contributed by atoms with E-state index in [-0.39, 0.29) is 0 Å². The fraction of sp³-hybridized carbons (Fsp3) is 0.0444. The van der Waals surface area contributed by atoms with E-state index in [1.165, 1.54) is 32.3 Å². The maximum Gasteiger partial charge on any atom is 0.114 e. The van der Waals surface area contributed by atoms with Gasteiger partial charge in [0.2, 0.25) is 0 Å². The largest absolute Gasteiger partial charge is 0.248 e. The molecule has 0 bridgehead atoms. The van der Waals surface area contributed by atoms with E-state index < -0.39 is 8.07 Å². The summed E-state index contributed by atoms with van der Waals surface area (Å²) in [5.41, 5.74) is 11.9. The first-order chi connectivity index (χ1) is 24.0. The Morgan fingerprint density at radius 2 is 0.939 bits per heavy atom. The summed E-state index contributed by atoms with van der Waals surface area (Å²) in [6, 6.07) is 54.2. The monoisotopic (exact) mass is 641 g/mol. The molecule has 4 heteroatoms. The fourth-order valence-corrected chi connectivity index (χ4v) is 11.5. The number of pyridine rings is 3. The van der Waals surface area contributed by atoms with Gasteiger partial charge in [0.15, 0.2) is 0 Å². The minimum atomic E-state index is -1.84. The Morgan fingerprint density at radius 1 is 0.388 bits per heavy atom. The Kier molecular flexibility index (Phi) is 6.02. The third-order valence-electron chi connectivity index (χ3n) is 10.5. The van der Waals surface area contributed by atoms with Gasteiger partial charge in [-0.1, -0.05) is 140 Å². The van der Waals surface area contributed by atoms with Gasteiger partial charge < -0.3 is 0 Å². The van der Waals surface area contributed by atoms with Gasteiger partial charge in [0.05, 0.1) is 33.6 Å². The van der Waals surface area contributed by atoms with Gasteiger partial charge in [0.25, 0.3) is 0 Å². The number of fused-ring (bicyclic) bond motifs is 9. The van der Waals surface area contributed by atoms with Gasteiger partial charge in [-0.2, -0.15) is 0 Å². The molecular weight excluding hydrogens is 611 g/mol. The zero-order valence-electron chi connectivity index (χ0n) is 27.3. The molecule has 10 rings (SSSR count). The summed E-state index contributed by atoms with van der Waals surface area (Å²) in [6.07, 6.45) is 0. The first-order valence-corrected chi connectivity index (χ1v) is 19.9. The molecule has 1 aliphatic rings. The molecule has 0 fully saturated rings. The molecule has 0 N–H and O–H groups in total. The van der Waals surface area contributed by atoms with Crippen LogP contribution in [0.15, 0.2) is 152 Å². The zero-order valence-corrected chi connectivity index (χ0v) is 28.3. The highest BCUT2D eigenvalue weighted by molar-refractivity contribution is 7.05. The second-order valence-electron chi connectivity index (χ2n) is 13.6. The molecule has 0 unspecified atom stereocenters. The number of benzene rings is 6. The molecule has 0 radical (unpaired) electrons. The fourth-order valence-electron chi connectivity index (χ4n) is 8.08. The highest BCUT2D eigenvalue weighted by Gasteiger charge is 2.38. The van der Waals surface area contributed by atoms with Crippen molar-refractivity contribution in [3.8, 4) is 44.9 Å². The molecule has 0 saturated carbocycles. The van der Waals surface area contributed by atoms with Crippen LogP contribution >= 0.6 is 0 Å². The van der Waals surface area contributed by atoms with Gasteiger partial charge in [0, 0.05) is 32.8 Å². The van der Waals surface area contributed by atoms with Crippen LogP contribution in [0, 0.1) is 0 Å². The average Bonchev–Trinajstić information content (AvgIpc) is 3.40. The minimum Gasteiger partial charge on any atom is -0.248 e. The summed E-state index contributed by atoms with van der Waals surface area (Å²) in [6.45, 7) is 4.94. The second-order valence-corrected chi connectivity index (χ2v) is 17.9. The van der Waals surface area contributed by atoms with Gasteiger partial charge in [-0.05, 0) is 56.5 Å². The van der Waals surface area contributed by atoms with Crippen LogP contribution in [0.25, 0.3) is 88.4 Å². The molecule has 0 spiro atoms. The third kappa shape index (κ3) is 4.24. The molecule has 0 amide bonds.